The van der Waals surface area contributed by atoms with E-state index in [1.807, 2.05) is 18.2 Å². The third-order valence-electron chi connectivity index (χ3n) is 6.18. The Bertz CT molecular complexity index is 1240. The molecule has 1 aliphatic carbocycles. The molecule has 0 saturated carbocycles. The Hall–Kier alpha value is -3.27. The van der Waals surface area contributed by atoms with Crippen LogP contribution in [0.3, 0.4) is 0 Å². The predicted octanol–water partition coefficient (Wildman–Crippen LogP) is 5.45. The summed E-state index contributed by atoms with van der Waals surface area (Å²) in [5.74, 6) is 0.881. The van der Waals surface area contributed by atoms with Crippen LogP contribution in [0.15, 0.2) is 65.1 Å². The van der Waals surface area contributed by atoms with Gasteiger partial charge in [0.25, 0.3) is 0 Å². The molecule has 4 rings (SSSR count). The number of para-hydroxylation sites is 1. The van der Waals surface area contributed by atoms with Gasteiger partial charge in [-0.1, -0.05) is 18.2 Å². The number of nitrogens with two attached hydrogens (primary N) is 1. The van der Waals surface area contributed by atoms with Crippen molar-refractivity contribution in [3.05, 3.63) is 66.0 Å². The van der Waals surface area contributed by atoms with Gasteiger partial charge in [0.1, 0.15) is 24.4 Å². The Morgan fingerprint density at radius 1 is 0.839 bits per heavy atom. The van der Waals surface area contributed by atoms with Crippen LogP contribution in [-0.2, 0) is 0 Å². The highest BCUT2D eigenvalue weighted by Crippen LogP contribution is 2.42. The van der Waals surface area contributed by atoms with E-state index in [9.17, 15) is 0 Å². The van der Waals surface area contributed by atoms with E-state index in [-0.39, 0.29) is 0 Å². The van der Waals surface area contributed by atoms with Crippen molar-refractivity contribution < 1.29 is 4.42 Å². The van der Waals surface area contributed by atoms with Crippen molar-refractivity contribution in [1.82, 2.24) is 4.58 Å². The van der Waals surface area contributed by atoms with Crippen LogP contribution in [0, 0.1) is 0 Å². The first-order chi connectivity index (χ1) is 15.1. The average molecular weight is 415 g/mol. The number of hydrogen-bond donors (Lipinski definition) is 1. The second kappa shape index (κ2) is 8.84. The van der Waals surface area contributed by atoms with Crippen molar-refractivity contribution in [3.8, 4) is 22.5 Å². The zero-order chi connectivity index (χ0) is 22.0. The second-order valence-corrected chi connectivity index (χ2v) is 7.77. The van der Waals surface area contributed by atoms with Gasteiger partial charge in [-0.05, 0) is 52.0 Å². The van der Waals surface area contributed by atoms with E-state index in [0.29, 0.717) is 0 Å². The Kier molecular flexibility index (Phi) is 5.99. The minimum Gasteiger partial charge on any atom is -0.456 e. The summed E-state index contributed by atoms with van der Waals surface area (Å²) in [6.45, 7) is 12.5. The molecule has 2 aromatic carbocycles. The molecule has 2 aromatic rings. The molecular formula is C27H32N3O+. The minimum absolute atomic E-state index is 0.775. The van der Waals surface area contributed by atoms with Crippen LogP contribution in [0.4, 0.5) is 11.4 Å². The van der Waals surface area contributed by atoms with E-state index in [2.05, 4.69) is 79.6 Å². The van der Waals surface area contributed by atoms with Gasteiger partial charge in [0.2, 0.25) is 5.36 Å². The molecule has 1 heterocycles. The number of anilines is 2. The number of rotatable bonds is 6. The number of fused-ring (bicyclic) bond motifs is 2. The van der Waals surface area contributed by atoms with E-state index < -0.39 is 0 Å². The topological polar surface area (TPSA) is 45.4 Å². The zero-order valence-electron chi connectivity index (χ0n) is 19.0. The maximum absolute atomic E-state index is 6.51. The lowest BCUT2D eigenvalue weighted by atomic mass is 9.92. The highest BCUT2D eigenvalue weighted by atomic mass is 16.3. The highest BCUT2D eigenvalue weighted by Gasteiger charge is 2.20. The largest absolute Gasteiger partial charge is 0.456 e. The van der Waals surface area contributed by atoms with E-state index >= 15 is 0 Å². The first kappa shape index (κ1) is 21.0. The SMILES string of the molecule is CCN(CC)c1ccc2c(-c3ccccc3N)c3ccc(=[N+](CC)CC)cc-3oc2c1. The monoisotopic (exact) mass is 414 g/mol. The zero-order valence-corrected chi connectivity index (χ0v) is 19.0. The van der Waals surface area contributed by atoms with Gasteiger partial charge in [0, 0.05) is 58.7 Å². The van der Waals surface area contributed by atoms with Crippen LogP contribution in [0.2, 0.25) is 0 Å². The number of benzene rings is 3. The Balaban J connectivity index is 2.11. The van der Waals surface area contributed by atoms with Crippen molar-refractivity contribution in [2.24, 2.45) is 0 Å². The van der Waals surface area contributed by atoms with Crippen LogP contribution in [0.5, 0.6) is 0 Å². The van der Waals surface area contributed by atoms with Gasteiger partial charge < -0.3 is 15.1 Å². The highest BCUT2D eigenvalue weighted by molar-refractivity contribution is 6.04. The van der Waals surface area contributed by atoms with Crippen LogP contribution in [0.25, 0.3) is 33.4 Å². The third-order valence-corrected chi connectivity index (χ3v) is 6.18. The van der Waals surface area contributed by atoms with E-state index in [4.69, 9.17) is 10.2 Å². The smallest absolute Gasteiger partial charge is 0.203 e. The summed E-state index contributed by atoms with van der Waals surface area (Å²) >= 11 is 0. The predicted molar refractivity (Wildman–Crippen MR) is 133 cm³/mol. The fraction of sp³-hybridized carbons (Fsp3) is 0.296. The van der Waals surface area contributed by atoms with E-state index in [1.54, 1.807) is 0 Å². The molecule has 0 radical (unpaired) electrons. The molecule has 0 unspecified atom stereocenters. The number of nitrogens with zero attached hydrogens (tertiary/aromatic N) is 2. The molecule has 160 valence electrons. The van der Waals surface area contributed by atoms with Crippen molar-refractivity contribution in [2.75, 3.05) is 36.8 Å². The summed E-state index contributed by atoms with van der Waals surface area (Å²) in [6.07, 6.45) is 0. The fourth-order valence-electron chi connectivity index (χ4n) is 4.45. The van der Waals surface area contributed by atoms with Gasteiger partial charge in [-0.2, -0.15) is 0 Å². The molecule has 31 heavy (non-hydrogen) atoms. The Labute approximate surface area is 184 Å². The molecule has 4 heteroatoms. The van der Waals surface area contributed by atoms with E-state index in [0.717, 1.165) is 65.3 Å². The molecule has 0 atom stereocenters. The number of hydrogen-bond acceptors (Lipinski definition) is 3. The lowest BCUT2D eigenvalue weighted by molar-refractivity contribution is 0.604. The molecule has 0 saturated heterocycles. The van der Waals surface area contributed by atoms with Crippen LogP contribution in [-0.4, -0.2) is 26.2 Å². The fourth-order valence-corrected chi connectivity index (χ4v) is 4.45. The lowest BCUT2D eigenvalue weighted by Crippen LogP contribution is -2.29. The van der Waals surface area contributed by atoms with Gasteiger partial charge in [-0.3, -0.25) is 0 Å². The normalized spacial score (nSPS) is 11.2. The van der Waals surface area contributed by atoms with Crippen LogP contribution < -0.4 is 20.6 Å². The van der Waals surface area contributed by atoms with Gasteiger partial charge in [0.15, 0.2) is 0 Å². The van der Waals surface area contributed by atoms with Gasteiger partial charge in [-0.25, -0.2) is 4.58 Å². The maximum Gasteiger partial charge on any atom is 0.203 e. The molecule has 2 aliphatic rings. The summed E-state index contributed by atoms with van der Waals surface area (Å²) in [4.78, 5) is 2.34. The summed E-state index contributed by atoms with van der Waals surface area (Å²) < 4.78 is 8.85. The van der Waals surface area contributed by atoms with Crippen molar-refractivity contribution >= 4 is 22.3 Å². The summed E-state index contributed by atoms with van der Waals surface area (Å²) in [6, 6.07) is 21.1. The average Bonchev–Trinajstić information content (AvgIpc) is 2.79. The van der Waals surface area contributed by atoms with Crippen molar-refractivity contribution in [3.63, 3.8) is 0 Å². The molecule has 4 nitrogen and oxygen atoms in total. The summed E-state index contributed by atoms with van der Waals surface area (Å²) in [5, 5.41) is 2.25. The summed E-state index contributed by atoms with van der Waals surface area (Å²) in [7, 11) is 0. The standard InChI is InChI=1S/C27H31N3O/c1-5-29(6-2)19-13-15-22-25(17-19)31-26-18-20(30(7-3)8-4)14-16-23(26)27(22)21-11-9-10-12-24(21)28/h9-18,28H,5-8H2,1-4H3/p+1. The van der Waals surface area contributed by atoms with Gasteiger partial charge in [0.05, 0.1) is 6.07 Å². The lowest BCUT2D eigenvalue weighted by Gasteiger charge is -2.22. The molecule has 0 bridgehead atoms. The molecule has 2 N–H and O–H groups in total. The van der Waals surface area contributed by atoms with Gasteiger partial charge in [-0.15, -0.1) is 0 Å². The molecule has 0 spiro atoms. The Morgan fingerprint density at radius 2 is 1.58 bits per heavy atom. The first-order valence-electron chi connectivity index (χ1n) is 11.3. The molecular weight excluding hydrogens is 382 g/mol. The van der Waals surface area contributed by atoms with Crippen LogP contribution in [0.1, 0.15) is 27.7 Å². The van der Waals surface area contributed by atoms with Crippen LogP contribution >= 0.6 is 0 Å². The molecule has 1 aliphatic heterocycles. The van der Waals surface area contributed by atoms with Crippen molar-refractivity contribution in [2.45, 2.75) is 27.7 Å². The third kappa shape index (κ3) is 3.78. The first-order valence-corrected chi connectivity index (χ1v) is 11.3. The summed E-state index contributed by atoms with van der Waals surface area (Å²) in [5.41, 5.74) is 12.5. The number of nitrogen functional groups attached to an aromatic ring is 1. The van der Waals surface area contributed by atoms with Crippen molar-refractivity contribution in [1.29, 1.82) is 0 Å². The molecule has 0 aromatic heterocycles. The molecule has 0 fully saturated rings. The van der Waals surface area contributed by atoms with E-state index in [1.165, 1.54) is 11.0 Å². The quantitative estimate of drug-likeness (QED) is 0.259. The Morgan fingerprint density at radius 3 is 2.26 bits per heavy atom. The maximum atomic E-state index is 6.51. The molecule has 0 amide bonds. The van der Waals surface area contributed by atoms with Gasteiger partial charge >= 0.3 is 0 Å². The second-order valence-electron chi connectivity index (χ2n) is 7.77. The minimum atomic E-state index is 0.775.